The lowest BCUT2D eigenvalue weighted by Crippen LogP contribution is -2.43. The van der Waals surface area contributed by atoms with Gasteiger partial charge in [-0.05, 0) is 43.4 Å². The molecule has 2 amide bonds. The Hall–Kier alpha value is -1.62. The molecule has 22 heavy (non-hydrogen) atoms. The van der Waals surface area contributed by atoms with Crippen LogP contribution in [0.4, 0.5) is 4.79 Å². The number of hydrogen-bond acceptors (Lipinski definition) is 3. The number of carbonyl (C=O) groups excluding carboxylic acids is 1. The monoisotopic (exact) mass is 305 g/mol. The van der Waals surface area contributed by atoms with Crippen LogP contribution in [0.5, 0.6) is 0 Å². The maximum Gasteiger partial charge on any atom is 0.317 e. The van der Waals surface area contributed by atoms with Crippen molar-refractivity contribution in [2.24, 2.45) is 5.92 Å². The van der Waals surface area contributed by atoms with E-state index in [1.807, 2.05) is 19.2 Å². The molecule has 2 rings (SSSR count). The van der Waals surface area contributed by atoms with Gasteiger partial charge >= 0.3 is 6.03 Å². The van der Waals surface area contributed by atoms with Crippen LogP contribution in [-0.2, 0) is 6.42 Å². The number of amides is 2. The summed E-state index contributed by atoms with van der Waals surface area (Å²) in [6.07, 6.45) is 8.28. The van der Waals surface area contributed by atoms with Crippen molar-refractivity contribution in [3.8, 4) is 0 Å². The van der Waals surface area contributed by atoms with Gasteiger partial charge in [0.15, 0.2) is 0 Å². The lowest BCUT2D eigenvalue weighted by molar-refractivity contribution is 0.0565. The number of aliphatic hydroxyl groups excluding tert-OH is 1. The third-order valence-electron chi connectivity index (χ3n) is 4.53. The molecular weight excluding hydrogens is 278 g/mol. The third-order valence-corrected chi connectivity index (χ3v) is 4.53. The standard InChI is InChI=1S/C17H27N3O2/c1-13-11-18-9-7-14(13)8-10-19-17(22)20(2)12-15-5-3-4-6-16(15)21/h7,9,11,15-16,21H,3-6,8,10,12H2,1-2H3,(H,19,22). The SMILES string of the molecule is Cc1cnccc1CCNC(=O)N(C)CC1CCCCC1O. The molecule has 0 bridgehead atoms. The Labute approximate surface area is 132 Å². The first-order valence-electron chi connectivity index (χ1n) is 8.14. The van der Waals surface area contributed by atoms with E-state index in [9.17, 15) is 9.90 Å². The van der Waals surface area contributed by atoms with Gasteiger partial charge in [-0.15, -0.1) is 0 Å². The molecule has 2 atom stereocenters. The summed E-state index contributed by atoms with van der Waals surface area (Å²) >= 11 is 0. The summed E-state index contributed by atoms with van der Waals surface area (Å²) < 4.78 is 0. The Bertz CT molecular complexity index is 493. The Balaban J connectivity index is 1.73. The minimum absolute atomic E-state index is 0.0653. The summed E-state index contributed by atoms with van der Waals surface area (Å²) in [7, 11) is 1.80. The van der Waals surface area contributed by atoms with E-state index in [4.69, 9.17) is 0 Å². The number of nitrogens with one attached hydrogen (secondary N) is 1. The molecule has 1 aromatic rings. The number of carbonyl (C=O) groups is 1. The molecule has 1 aromatic heterocycles. The average Bonchev–Trinajstić information content (AvgIpc) is 2.51. The molecule has 1 aliphatic rings. The molecule has 5 nitrogen and oxygen atoms in total. The van der Waals surface area contributed by atoms with Crippen LogP contribution in [0.3, 0.4) is 0 Å². The normalized spacial score (nSPS) is 21.4. The van der Waals surface area contributed by atoms with Crippen molar-refractivity contribution in [2.75, 3.05) is 20.1 Å². The van der Waals surface area contributed by atoms with Crippen molar-refractivity contribution >= 4 is 6.03 Å². The highest BCUT2D eigenvalue weighted by molar-refractivity contribution is 5.73. The first-order chi connectivity index (χ1) is 10.6. The zero-order valence-corrected chi connectivity index (χ0v) is 13.6. The van der Waals surface area contributed by atoms with Crippen molar-refractivity contribution in [2.45, 2.75) is 45.1 Å². The zero-order valence-electron chi connectivity index (χ0n) is 13.6. The molecule has 122 valence electrons. The number of hydrogen-bond donors (Lipinski definition) is 2. The van der Waals surface area contributed by atoms with Crippen LogP contribution in [0.25, 0.3) is 0 Å². The molecule has 2 N–H and O–H groups in total. The van der Waals surface area contributed by atoms with Crippen LogP contribution >= 0.6 is 0 Å². The lowest BCUT2D eigenvalue weighted by atomic mass is 9.86. The smallest absolute Gasteiger partial charge is 0.317 e. The minimum atomic E-state index is -0.261. The molecule has 1 fully saturated rings. The maximum absolute atomic E-state index is 12.1. The highest BCUT2D eigenvalue weighted by Gasteiger charge is 2.25. The maximum atomic E-state index is 12.1. The Morgan fingerprint density at radius 1 is 1.45 bits per heavy atom. The van der Waals surface area contributed by atoms with Gasteiger partial charge in [0.1, 0.15) is 0 Å². The number of rotatable bonds is 5. The molecule has 0 radical (unpaired) electrons. The van der Waals surface area contributed by atoms with Crippen LogP contribution in [0, 0.1) is 12.8 Å². The van der Waals surface area contributed by atoms with Crippen LogP contribution < -0.4 is 5.32 Å². The molecule has 0 aliphatic heterocycles. The molecule has 0 aromatic carbocycles. The van der Waals surface area contributed by atoms with Crippen molar-refractivity contribution in [1.29, 1.82) is 0 Å². The van der Waals surface area contributed by atoms with E-state index in [1.165, 1.54) is 5.56 Å². The predicted molar refractivity (Wildman–Crippen MR) is 86.7 cm³/mol. The highest BCUT2D eigenvalue weighted by Crippen LogP contribution is 2.24. The quantitative estimate of drug-likeness (QED) is 0.876. The van der Waals surface area contributed by atoms with Crippen LogP contribution in [0.2, 0.25) is 0 Å². The number of aromatic nitrogens is 1. The molecule has 0 spiro atoms. The van der Waals surface area contributed by atoms with Gasteiger partial charge < -0.3 is 15.3 Å². The van der Waals surface area contributed by atoms with Crippen LogP contribution in [-0.4, -0.2) is 47.3 Å². The molecule has 0 saturated heterocycles. The van der Waals surface area contributed by atoms with E-state index in [1.54, 1.807) is 18.1 Å². The Morgan fingerprint density at radius 2 is 2.23 bits per heavy atom. The number of aryl methyl sites for hydroxylation is 1. The summed E-state index contributed by atoms with van der Waals surface area (Å²) in [6.45, 7) is 3.27. The summed E-state index contributed by atoms with van der Waals surface area (Å²) in [5.41, 5.74) is 2.36. The van der Waals surface area contributed by atoms with Crippen LogP contribution in [0.1, 0.15) is 36.8 Å². The summed E-state index contributed by atoms with van der Waals surface area (Å²) in [6, 6.07) is 1.92. The first-order valence-corrected chi connectivity index (χ1v) is 8.14. The molecule has 1 aliphatic carbocycles. The average molecular weight is 305 g/mol. The second kappa shape index (κ2) is 8.13. The zero-order chi connectivity index (χ0) is 15.9. The van der Waals surface area contributed by atoms with Crippen molar-refractivity contribution in [1.82, 2.24) is 15.2 Å². The topological polar surface area (TPSA) is 65.5 Å². The van der Waals surface area contributed by atoms with E-state index in [0.717, 1.165) is 37.7 Å². The fourth-order valence-corrected chi connectivity index (χ4v) is 3.06. The molecular formula is C17H27N3O2. The van der Waals surface area contributed by atoms with Gasteiger partial charge in [-0.25, -0.2) is 4.79 Å². The van der Waals surface area contributed by atoms with Gasteiger partial charge in [0, 0.05) is 38.4 Å². The second-order valence-electron chi connectivity index (χ2n) is 6.28. The van der Waals surface area contributed by atoms with E-state index in [-0.39, 0.29) is 18.1 Å². The number of nitrogens with zero attached hydrogens (tertiary/aromatic N) is 2. The molecule has 2 unspecified atom stereocenters. The van der Waals surface area contributed by atoms with Gasteiger partial charge in [0.25, 0.3) is 0 Å². The summed E-state index contributed by atoms with van der Waals surface area (Å²) in [4.78, 5) is 17.9. The highest BCUT2D eigenvalue weighted by atomic mass is 16.3. The van der Waals surface area contributed by atoms with E-state index >= 15 is 0 Å². The first kappa shape index (κ1) is 16.7. The fraction of sp³-hybridized carbons (Fsp3) is 0.647. The van der Waals surface area contributed by atoms with E-state index in [0.29, 0.717) is 13.1 Å². The summed E-state index contributed by atoms with van der Waals surface area (Å²) in [5, 5.41) is 12.9. The minimum Gasteiger partial charge on any atom is -0.393 e. The van der Waals surface area contributed by atoms with Crippen molar-refractivity contribution in [3.05, 3.63) is 29.6 Å². The van der Waals surface area contributed by atoms with Gasteiger partial charge in [-0.3, -0.25) is 4.98 Å². The number of pyridine rings is 1. The molecule has 1 saturated carbocycles. The van der Waals surface area contributed by atoms with Gasteiger partial charge in [-0.1, -0.05) is 12.8 Å². The fourth-order valence-electron chi connectivity index (χ4n) is 3.06. The molecule has 5 heteroatoms. The second-order valence-corrected chi connectivity index (χ2v) is 6.28. The van der Waals surface area contributed by atoms with Crippen molar-refractivity contribution < 1.29 is 9.90 Å². The predicted octanol–water partition coefficient (Wildman–Crippen LogP) is 2.13. The van der Waals surface area contributed by atoms with Gasteiger partial charge in [0.2, 0.25) is 0 Å². The Kier molecular flexibility index (Phi) is 6.19. The third kappa shape index (κ3) is 4.70. The number of aliphatic hydroxyl groups is 1. The Morgan fingerprint density at radius 3 is 2.95 bits per heavy atom. The van der Waals surface area contributed by atoms with Gasteiger partial charge in [0.05, 0.1) is 6.10 Å². The van der Waals surface area contributed by atoms with E-state index < -0.39 is 0 Å². The summed E-state index contributed by atoms with van der Waals surface area (Å²) in [5.74, 6) is 0.215. The van der Waals surface area contributed by atoms with Gasteiger partial charge in [-0.2, -0.15) is 0 Å². The van der Waals surface area contributed by atoms with Crippen molar-refractivity contribution in [3.63, 3.8) is 0 Å². The largest absolute Gasteiger partial charge is 0.393 e. The van der Waals surface area contributed by atoms with Crippen LogP contribution in [0.15, 0.2) is 18.5 Å². The molecule has 1 heterocycles. The van der Waals surface area contributed by atoms with E-state index in [2.05, 4.69) is 10.3 Å². The number of urea groups is 1. The lowest BCUT2D eigenvalue weighted by Gasteiger charge is -2.31.